The Morgan fingerprint density at radius 3 is 2.69 bits per heavy atom. The molecule has 1 amide bonds. The number of halogens is 1. The fourth-order valence-electron chi connectivity index (χ4n) is 3.93. The van der Waals surface area contributed by atoms with Gasteiger partial charge in [0.2, 0.25) is 0 Å². The molecule has 1 saturated heterocycles. The summed E-state index contributed by atoms with van der Waals surface area (Å²) in [6.45, 7) is 0. The predicted molar refractivity (Wildman–Crippen MR) is 133 cm³/mol. The largest absolute Gasteiger partial charge is 0.507 e. The molecule has 1 unspecified atom stereocenters. The molecular formula is C24H15ClN4O6S. The van der Waals surface area contributed by atoms with E-state index in [2.05, 4.69) is 9.97 Å². The third kappa shape index (κ3) is 3.84. The van der Waals surface area contributed by atoms with Crippen molar-refractivity contribution in [3.05, 3.63) is 92.8 Å². The molecule has 1 aliphatic rings. The number of ether oxygens (including phenoxy) is 1. The number of benzene rings is 2. The highest BCUT2D eigenvalue weighted by molar-refractivity contribution is 7.22. The minimum absolute atomic E-state index is 0.127. The Morgan fingerprint density at radius 2 is 2.00 bits per heavy atom. The van der Waals surface area contributed by atoms with Crippen molar-refractivity contribution in [1.29, 1.82) is 0 Å². The highest BCUT2D eigenvalue weighted by Crippen LogP contribution is 2.44. The van der Waals surface area contributed by atoms with Crippen molar-refractivity contribution < 1.29 is 24.4 Å². The van der Waals surface area contributed by atoms with Gasteiger partial charge in [-0.2, -0.15) is 0 Å². The van der Waals surface area contributed by atoms with Gasteiger partial charge in [0.1, 0.15) is 17.6 Å². The van der Waals surface area contributed by atoms with Gasteiger partial charge in [0.25, 0.3) is 11.5 Å². The maximum atomic E-state index is 13.3. The molecule has 1 aliphatic heterocycles. The Balaban J connectivity index is 1.71. The Labute approximate surface area is 212 Å². The number of carbonyl (C=O) groups excluding carboxylic acids is 2. The van der Waals surface area contributed by atoms with Crippen LogP contribution in [-0.4, -0.2) is 38.8 Å². The summed E-state index contributed by atoms with van der Waals surface area (Å²) in [5.74, 6) is -2.00. The van der Waals surface area contributed by atoms with Crippen molar-refractivity contribution in [2.75, 3.05) is 12.0 Å². The van der Waals surface area contributed by atoms with E-state index in [4.69, 9.17) is 16.3 Å². The third-order valence-electron chi connectivity index (χ3n) is 5.61. The molecule has 3 heterocycles. The van der Waals surface area contributed by atoms with Gasteiger partial charge in [0.15, 0.2) is 5.13 Å². The van der Waals surface area contributed by atoms with E-state index in [1.807, 2.05) is 0 Å². The summed E-state index contributed by atoms with van der Waals surface area (Å²) < 4.78 is 5.67. The number of ketones is 1. The first-order valence-electron chi connectivity index (χ1n) is 10.4. The number of non-ortho nitro benzene ring substituents is 1. The number of nitro benzene ring substituents is 1. The second-order valence-corrected chi connectivity index (χ2v) is 9.09. The number of rotatable bonds is 5. The number of methoxy groups -OCH3 is 1. The quantitative estimate of drug-likeness (QED) is 0.129. The number of nitrogens with zero attached hydrogens (tertiary/aromatic N) is 4. The van der Waals surface area contributed by atoms with Crippen molar-refractivity contribution in [3.63, 3.8) is 0 Å². The molecule has 36 heavy (non-hydrogen) atoms. The molecule has 4 aromatic rings. The summed E-state index contributed by atoms with van der Waals surface area (Å²) in [5.41, 5.74) is 0.648. The Bertz CT molecular complexity index is 1590. The van der Waals surface area contributed by atoms with E-state index < -0.39 is 28.4 Å². The van der Waals surface area contributed by atoms with Crippen LogP contribution in [0.1, 0.15) is 17.3 Å². The van der Waals surface area contributed by atoms with Crippen LogP contribution in [0.3, 0.4) is 0 Å². The number of aliphatic hydroxyl groups excluding tert-OH is 1. The molecule has 10 nitrogen and oxygen atoms in total. The number of Topliss-reactive ketones (excluding diaryl/α,β-unsaturated/α-hetero) is 1. The monoisotopic (exact) mass is 522 g/mol. The van der Waals surface area contributed by atoms with E-state index in [9.17, 15) is 24.8 Å². The maximum absolute atomic E-state index is 13.3. The predicted octanol–water partition coefficient (Wildman–Crippen LogP) is 4.89. The lowest BCUT2D eigenvalue weighted by Crippen LogP contribution is -2.29. The van der Waals surface area contributed by atoms with Gasteiger partial charge in [0.05, 0.1) is 38.5 Å². The fourth-order valence-corrected chi connectivity index (χ4v) is 5.15. The lowest BCUT2D eigenvalue weighted by atomic mass is 9.98. The number of thiazole rings is 1. The summed E-state index contributed by atoms with van der Waals surface area (Å²) in [4.78, 5) is 47.1. The number of nitro groups is 1. The number of pyridine rings is 1. The van der Waals surface area contributed by atoms with Gasteiger partial charge in [-0.1, -0.05) is 29.0 Å². The van der Waals surface area contributed by atoms with E-state index >= 15 is 0 Å². The Kier molecular flexibility index (Phi) is 5.86. The number of hydrogen-bond acceptors (Lipinski definition) is 9. The number of fused-ring (bicyclic) bond motifs is 1. The first kappa shape index (κ1) is 23.4. The molecule has 0 saturated carbocycles. The van der Waals surface area contributed by atoms with Crippen LogP contribution < -0.4 is 9.64 Å². The zero-order valence-corrected chi connectivity index (χ0v) is 20.0. The number of aliphatic hydroxyl groups is 1. The van der Waals surface area contributed by atoms with Gasteiger partial charge >= 0.3 is 5.91 Å². The normalized spacial score (nSPS) is 17.1. The van der Waals surface area contributed by atoms with Crippen LogP contribution >= 0.6 is 22.9 Å². The summed E-state index contributed by atoms with van der Waals surface area (Å²) in [7, 11) is 1.41. The van der Waals surface area contributed by atoms with E-state index in [1.165, 1.54) is 49.7 Å². The van der Waals surface area contributed by atoms with Crippen LogP contribution in [0.25, 0.3) is 16.0 Å². The van der Waals surface area contributed by atoms with Gasteiger partial charge in [0, 0.05) is 23.9 Å². The summed E-state index contributed by atoms with van der Waals surface area (Å²) in [6, 6.07) is 12.5. The fraction of sp³-hybridized carbons (Fsp3) is 0.0833. The lowest BCUT2D eigenvalue weighted by molar-refractivity contribution is -0.384. The summed E-state index contributed by atoms with van der Waals surface area (Å²) in [6.07, 6.45) is 1.50. The average molecular weight is 523 g/mol. The minimum atomic E-state index is -1.09. The summed E-state index contributed by atoms with van der Waals surface area (Å²) >= 11 is 7.11. The molecular weight excluding hydrogens is 508 g/mol. The molecule has 180 valence electrons. The van der Waals surface area contributed by atoms with Crippen LogP contribution in [0.15, 0.2) is 66.4 Å². The van der Waals surface area contributed by atoms with E-state index in [1.54, 1.807) is 18.2 Å². The average Bonchev–Trinajstić information content (AvgIpc) is 3.42. The van der Waals surface area contributed by atoms with Crippen molar-refractivity contribution >= 4 is 61.4 Å². The summed E-state index contributed by atoms with van der Waals surface area (Å²) in [5, 5.41) is 22.8. The first-order valence-corrected chi connectivity index (χ1v) is 11.6. The topological polar surface area (TPSA) is 136 Å². The van der Waals surface area contributed by atoms with Gasteiger partial charge < -0.3 is 9.84 Å². The van der Waals surface area contributed by atoms with E-state index in [0.717, 1.165) is 16.2 Å². The number of anilines is 1. The molecule has 2 aromatic heterocycles. The van der Waals surface area contributed by atoms with E-state index in [0.29, 0.717) is 20.9 Å². The molecule has 0 radical (unpaired) electrons. The van der Waals surface area contributed by atoms with Crippen LogP contribution in [-0.2, 0) is 9.59 Å². The molecule has 2 aromatic carbocycles. The van der Waals surface area contributed by atoms with Crippen LogP contribution in [0, 0.1) is 10.1 Å². The van der Waals surface area contributed by atoms with Crippen LogP contribution in [0.4, 0.5) is 10.8 Å². The number of aromatic nitrogens is 2. The molecule has 1 atom stereocenters. The highest BCUT2D eigenvalue weighted by atomic mass is 35.5. The van der Waals surface area contributed by atoms with E-state index in [-0.39, 0.29) is 27.7 Å². The second kappa shape index (κ2) is 9.02. The Morgan fingerprint density at radius 1 is 1.19 bits per heavy atom. The zero-order valence-electron chi connectivity index (χ0n) is 18.4. The van der Waals surface area contributed by atoms with Gasteiger partial charge in [-0.05, 0) is 36.4 Å². The van der Waals surface area contributed by atoms with Crippen LogP contribution in [0.2, 0.25) is 5.02 Å². The van der Waals surface area contributed by atoms with Crippen molar-refractivity contribution in [1.82, 2.24) is 9.97 Å². The smallest absolute Gasteiger partial charge is 0.301 e. The molecule has 1 fully saturated rings. The molecule has 0 aliphatic carbocycles. The zero-order chi connectivity index (χ0) is 25.6. The third-order valence-corrected chi connectivity index (χ3v) is 6.94. The standard InChI is InChI=1S/C24H15ClN4O6S/c1-35-17-10-12(5-7-14(17)25)21(30)19-20(16-4-2-3-9-26-16)28(23(32)22(19)31)24-27-15-8-6-13(29(33)34)11-18(15)36-24/h2-11,20,30H,1H3/b21-19+. The molecule has 0 bridgehead atoms. The minimum Gasteiger partial charge on any atom is -0.507 e. The van der Waals surface area contributed by atoms with Gasteiger partial charge in [-0.3, -0.25) is 29.6 Å². The van der Waals surface area contributed by atoms with Crippen molar-refractivity contribution in [2.45, 2.75) is 6.04 Å². The lowest BCUT2D eigenvalue weighted by Gasteiger charge is -2.22. The molecule has 1 N–H and O–H groups in total. The molecule has 0 spiro atoms. The second-order valence-electron chi connectivity index (χ2n) is 7.68. The first-order chi connectivity index (χ1) is 17.3. The number of hydrogen-bond donors (Lipinski definition) is 1. The number of amides is 1. The highest BCUT2D eigenvalue weighted by Gasteiger charge is 2.49. The SMILES string of the molecule is COc1cc(/C(O)=C2\C(=O)C(=O)N(c3nc4ccc([N+](=O)[O-])cc4s3)C2c2ccccn2)ccc1Cl. The molecule has 12 heteroatoms. The maximum Gasteiger partial charge on any atom is 0.301 e. The van der Waals surface area contributed by atoms with Crippen molar-refractivity contribution in [3.8, 4) is 5.75 Å². The van der Waals surface area contributed by atoms with Crippen LogP contribution in [0.5, 0.6) is 5.75 Å². The van der Waals surface area contributed by atoms with Crippen molar-refractivity contribution in [2.24, 2.45) is 0 Å². The number of carbonyl (C=O) groups is 2. The van der Waals surface area contributed by atoms with Gasteiger partial charge in [-0.15, -0.1) is 0 Å². The Hall–Kier alpha value is -4.35. The molecule has 5 rings (SSSR count). The van der Waals surface area contributed by atoms with Gasteiger partial charge in [-0.25, -0.2) is 4.98 Å².